The van der Waals surface area contributed by atoms with Gasteiger partial charge in [-0.2, -0.15) is 0 Å². The summed E-state index contributed by atoms with van der Waals surface area (Å²) >= 11 is 0. The normalized spacial score (nSPS) is 11.5. The molecule has 10 nitrogen and oxygen atoms in total. The van der Waals surface area contributed by atoms with Crippen LogP contribution in [0.4, 0.5) is 10.1 Å². The van der Waals surface area contributed by atoms with Crippen molar-refractivity contribution in [3.63, 3.8) is 0 Å². The Kier molecular flexibility index (Phi) is 8.83. The number of rotatable bonds is 9. The molecule has 0 bridgehead atoms. The lowest BCUT2D eigenvalue weighted by molar-refractivity contribution is 0.0964. The first kappa shape index (κ1) is 34.1. The van der Waals surface area contributed by atoms with E-state index in [0.717, 1.165) is 27.3 Å². The van der Waals surface area contributed by atoms with Gasteiger partial charge in [-0.1, -0.05) is 17.7 Å². The van der Waals surface area contributed by atoms with Gasteiger partial charge in [-0.05, 0) is 86.5 Å². The number of amides is 1. The Hall–Kier alpha value is -5.75. The third-order valence-electron chi connectivity index (χ3n) is 8.50. The molecule has 0 saturated carbocycles. The van der Waals surface area contributed by atoms with Crippen LogP contribution < -0.4 is 14.4 Å². The van der Waals surface area contributed by atoms with E-state index in [2.05, 4.69) is 5.32 Å². The molecule has 0 aliphatic carbocycles. The molecular formula is C38H35FN4O6S. The van der Waals surface area contributed by atoms with Gasteiger partial charge in [0, 0.05) is 48.0 Å². The second-order valence-electron chi connectivity index (χ2n) is 12.1. The molecule has 0 radical (unpaired) electrons. The maximum absolute atomic E-state index is 13.8. The van der Waals surface area contributed by atoms with Crippen LogP contribution in [0.15, 0.2) is 87.2 Å². The predicted octanol–water partition coefficient (Wildman–Crippen LogP) is 8.31. The number of aromatic nitrogens is 1. The lowest BCUT2D eigenvalue weighted by atomic mass is 9.97. The van der Waals surface area contributed by atoms with E-state index in [0.29, 0.717) is 50.2 Å². The molecule has 2 N–H and O–H groups in total. The zero-order chi connectivity index (χ0) is 36.1. The van der Waals surface area contributed by atoms with Crippen LogP contribution >= 0.6 is 0 Å². The fourth-order valence-electron chi connectivity index (χ4n) is 6.08. The van der Waals surface area contributed by atoms with Gasteiger partial charge in [0.05, 0.1) is 30.2 Å². The van der Waals surface area contributed by atoms with Crippen LogP contribution in [-0.2, 0) is 10.0 Å². The molecule has 2 aromatic heterocycles. The van der Waals surface area contributed by atoms with E-state index < -0.39 is 21.7 Å². The minimum absolute atomic E-state index is 0.209. The second-order valence-corrected chi connectivity index (χ2v) is 14.1. The van der Waals surface area contributed by atoms with Gasteiger partial charge < -0.3 is 24.3 Å². The molecule has 1 amide bonds. The smallest absolute Gasteiger partial charge is 0.255 e. The highest BCUT2D eigenvalue weighted by molar-refractivity contribution is 7.92. The van der Waals surface area contributed by atoms with Crippen LogP contribution in [-0.4, -0.2) is 52.5 Å². The zero-order valence-corrected chi connectivity index (χ0v) is 29.4. The number of nitrogens with one attached hydrogen (secondary N) is 2. The summed E-state index contributed by atoms with van der Waals surface area (Å²) in [5, 5.41) is 11.3. The molecule has 50 heavy (non-hydrogen) atoms. The van der Waals surface area contributed by atoms with Gasteiger partial charge in [0.1, 0.15) is 28.4 Å². The number of benzene rings is 4. The fourth-order valence-corrected chi connectivity index (χ4v) is 6.59. The highest BCUT2D eigenvalue weighted by Crippen LogP contribution is 2.43. The third kappa shape index (κ3) is 6.14. The number of hydrogen-bond acceptors (Lipinski definition) is 8. The number of hydrogen-bond donors (Lipinski definition) is 2. The summed E-state index contributed by atoms with van der Waals surface area (Å²) in [6.07, 6.45) is 1.09. The van der Waals surface area contributed by atoms with Crippen molar-refractivity contribution in [2.24, 2.45) is 0 Å². The van der Waals surface area contributed by atoms with Crippen LogP contribution in [0.1, 0.15) is 36.7 Å². The van der Waals surface area contributed by atoms with E-state index in [1.165, 1.54) is 45.5 Å². The predicted molar refractivity (Wildman–Crippen MR) is 195 cm³/mol. The summed E-state index contributed by atoms with van der Waals surface area (Å²) < 4.78 is 58.9. The summed E-state index contributed by atoms with van der Waals surface area (Å²) in [5.74, 6) is 0.0647. The quantitative estimate of drug-likeness (QED) is 0.145. The van der Waals surface area contributed by atoms with Gasteiger partial charge in [-0.15, -0.1) is 0 Å². The maximum atomic E-state index is 13.8. The number of methoxy groups -OCH3 is 1. The summed E-state index contributed by atoms with van der Waals surface area (Å²) in [5.41, 5.74) is 7.03. The van der Waals surface area contributed by atoms with Crippen LogP contribution in [0.5, 0.6) is 5.75 Å². The monoisotopic (exact) mass is 694 g/mol. The number of furan rings is 1. The van der Waals surface area contributed by atoms with Gasteiger partial charge in [0.2, 0.25) is 15.9 Å². The third-order valence-corrected chi connectivity index (χ3v) is 9.69. The SMILES string of the molecule is CNC(=O)c1c(-c2ccc(F)cc2)oc2cc(N(C)S(C)(=O)=O)c(-c3ccc(OC)c(-c4nc5cc(C(C(C)=N)=C(C)C)ccc5o4)c3)cc12. The number of sulfonamides is 1. The van der Waals surface area contributed by atoms with Crippen molar-refractivity contribution in [2.45, 2.75) is 20.8 Å². The maximum Gasteiger partial charge on any atom is 0.255 e. The summed E-state index contributed by atoms with van der Waals surface area (Å²) in [6, 6.07) is 19.7. The number of allylic oxidation sites excluding steroid dienone is 2. The van der Waals surface area contributed by atoms with Crippen LogP contribution in [0.25, 0.3) is 61.5 Å². The number of halogens is 1. The molecule has 0 aliphatic rings. The van der Waals surface area contributed by atoms with Gasteiger partial charge in [0.25, 0.3) is 5.91 Å². The van der Waals surface area contributed by atoms with E-state index in [9.17, 15) is 17.6 Å². The van der Waals surface area contributed by atoms with Gasteiger partial charge >= 0.3 is 0 Å². The number of anilines is 1. The van der Waals surface area contributed by atoms with Crippen LogP contribution in [0.2, 0.25) is 0 Å². The molecule has 4 aromatic carbocycles. The summed E-state index contributed by atoms with van der Waals surface area (Å²) in [4.78, 5) is 18.1. The highest BCUT2D eigenvalue weighted by atomic mass is 32.2. The number of nitrogens with zero attached hydrogens (tertiary/aromatic N) is 2. The van der Waals surface area contributed by atoms with Crippen LogP contribution in [0.3, 0.4) is 0 Å². The highest BCUT2D eigenvalue weighted by Gasteiger charge is 2.27. The molecular weight excluding hydrogens is 660 g/mol. The Bertz CT molecular complexity index is 2470. The Morgan fingerprint density at radius 3 is 2.24 bits per heavy atom. The topological polar surface area (TPSA) is 139 Å². The first-order valence-electron chi connectivity index (χ1n) is 15.6. The molecule has 6 rings (SSSR count). The lowest BCUT2D eigenvalue weighted by Gasteiger charge is -2.21. The number of carbonyl (C=O) groups is 1. The van der Waals surface area contributed by atoms with E-state index in [1.54, 1.807) is 37.3 Å². The molecule has 12 heteroatoms. The Morgan fingerprint density at radius 2 is 1.62 bits per heavy atom. The van der Waals surface area contributed by atoms with Gasteiger partial charge in [-0.3, -0.25) is 9.10 Å². The largest absolute Gasteiger partial charge is 0.496 e. The first-order valence-corrected chi connectivity index (χ1v) is 17.4. The molecule has 0 saturated heterocycles. The lowest BCUT2D eigenvalue weighted by Crippen LogP contribution is -2.25. The van der Waals surface area contributed by atoms with E-state index in [-0.39, 0.29) is 28.5 Å². The Morgan fingerprint density at radius 1 is 0.920 bits per heavy atom. The van der Waals surface area contributed by atoms with Crippen molar-refractivity contribution in [1.82, 2.24) is 10.3 Å². The Labute approximate surface area is 288 Å². The van der Waals surface area contributed by atoms with Crippen molar-refractivity contribution in [3.8, 4) is 39.7 Å². The van der Waals surface area contributed by atoms with Crippen molar-refractivity contribution in [2.75, 3.05) is 31.8 Å². The minimum atomic E-state index is -3.76. The molecule has 0 atom stereocenters. The molecule has 0 spiro atoms. The number of carbonyl (C=O) groups excluding carboxylic acids is 1. The second kappa shape index (κ2) is 12.9. The fraction of sp³-hybridized carbons (Fsp3) is 0.184. The van der Waals surface area contributed by atoms with Crippen molar-refractivity contribution < 1.29 is 31.2 Å². The van der Waals surface area contributed by atoms with E-state index in [1.807, 2.05) is 32.0 Å². The van der Waals surface area contributed by atoms with E-state index >= 15 is 0 Å². The molecule has 0 aliphatic heterocycles. The van der Waals surface area contributed by atoms with Crippen LogP contribution in [0, 0.1) is 11.2 Å². The molecule has 2 heterocycles. The summed E-state index contributed by atoms with van der Waals surface area (Å²) in [6.45, 7) is 5.66. The zero-order valence-electron chi connectivity index (χ0n) is 28.6. The molecule has 0 fully saturated rings. The van der Waals surface area contributed by atoms with Gasteiger partial charge in [-0.25, -0.2) is 17.8 Å². The number of fused-ring (bicyclic) bond motifs is 2. The first-order chi connectivity index (χ1) is 23.7. The number of oxazole rings is 1. The average molecular weight is 695 g/mol. The van der Waals surface area contributed by atoms with Gasteiger partial charge in [0.15, 0.2) is 5.58 Å². The standard InChI is InChI=1S/C38H35FN4O6S/c1-20(2)34(21(3)40)24-11-15-32-29(17-24)42-38(49-32)28-16-23(10-14-31(28)47-6)26-18-27-33(19-30(26)43(5)50(7,45)46)48-36(35(27)37(44)41-4)22-8-12-25(39)13-9-22/h8-19,40H,1-7H3,(H,41,44). The Balaban J connectivity index is 1.59. The average Bonchev–Trinajstić information content (AvgIpc) is 3.67. The van der Waals surface area contributed by atoms with Crippen molar-refractivity contribution in [3.05, 3.63) is 95.3 Å². The molecule has 0 unspecified atom stereocenters. The van der Waals surface area contributed by atoms with Crippen molar-refractivity contribution >= 4 is 55.0 Å². The molecule has 6 aromatic rings. The van der Waals surface area contributed by atoms with E-state index in [4.69, 9.17) is 24.0 Å². The number of ether oxygens (including phenoxy) is 1. The molecule has 256 valence electrons. The minimum Gasteiger partial charge on any atom is -0.496 e. The van der Waals surface area contributed by atoms with Crippen molar-refractivity contribution in [1.29, 1.82) is 5.41 Å². The summed E-state index contributed by atoms with van der Waals surface area (Å²) in [7, 11) is 0.700.